The molecule has 3 aromatic rings. The fourth-order valence-electron chi connectivity index (χ4n) is 3.80. The van der Waals surface area contributed by atoms with Gasteiger partial charge in [0.05, 0.1) is 13.7 Å². The average Bonchev–Trinajstić information content (AvgIpc) is 3.37. The third-order valence-corrected chi connectivity index (χ3v) is 6.85. The van der Waals surface area contributed by atoms with Crippen LogP contribution in [0, 0.1) is 23.3 Å². The Kier molecular flexibility index (Phi) is 9.27. The first kappa shape index (κ1) is 28.9. The molecule has 8 nitrogen and oxygen atoms in total. The molecule has 0 saturated heterocycles. The van der Waals surface area contributed by atoms with Gasteiger partial charge >= 0.3 is 0 Å². The van der Waals surface area contributed by atoms with Crippen LogP contribution < -0.4 is 14.8 Å². The number of carbonyl (C=O) groups excluding carboxylic acids is 2. The fraction of sp³-hybridized carbons (Fsp3) is 0.222. The predicted molar refractivity (Wildman–Crippen MR) is 139 cm³/mol. The molecule has 1 unspecified atom stereocenters. The number of hydrogen-bond donors (Lipinski definition) is 1. The molecule has 3 aromatic carbocycles. The summed E-state index contributed by atoms with van der Waals surface area (Å²) in [6.07, 6.45) is 0. The normalized spacial score (nSPS) is 14.6. The summed E-state index contributed by atoms with van der Waals surface area (Å²) < 4.78 is 72.3. The van der Waals surface area contributed by atoms with Crippen molar-refractivity contribution >= 4 is 28.6 Å². The molecule has 0 saturated carbocycles. The molecule has 13 heteroatoms. The van der Waals surface area contributed by atoms with Gasteiger partial charge in [0, 0.05) is 36.9 Å². The van der Waals surface area contributed by atoms with Crippen LogP contribution in [0.25, 0.3) is 0 Å². The molecular formula is C27H23F4N3O5S. The Labute approximate surface area is 230 Å². The molecule has 0 aliphatic carbocycles. The van der Waals surface area contributed by atoms with Crippen molar-refractivity contribution in [3.63, 3.8) is 0 Å². The second kappa shape index (κ2) is 12.8. The van der Waals surface area contributed by atoms with Gasteiger partial charge in [-0.25, -0.2) is 22.6 Å². The van der Waals surface area contributed by atoms with Gasteiger partial charge in [0.2, 0.25) is 0 Å². The molecule has 1 aliphatic heterocycles. The number of nitrogens with zero attached hydrogens (tertiary/aromatic N) is 2. The molecule has 0 aromatic heterocycles. The highest BCUT2D eigenvalue weighted by Gasteiger charge is 2.39. The summed E-state index contributed by atoms with van der Waals surface area (Å²) in [6.45, 7) is 0.248. The number of benzene rings is 3. The summed E-state index contributed by atoms with van der Waals surface area (Å²) in [4.78, 5) is 25.6. The van der Waals surface area contributed by atoms with E-state index in [0.29, 0.717) is 29.9 Å². The van der Waals surface area contributed by atoms with Gasteiger partial charge in [-0.2, -0.15) is 5.10 Å². The van der Waals surface area contributed by atoms with E-state index in [4.69, 9.17) is 14.2 Å². The molecular weight excluding hydrogens is 554 g/mol. The Hall–Kier alpha value is -4.10. The summed E-state index contributed by atoms with van der Waals surface area (Å²) >= 11 is 1.03. The second-order valence-corrected chi connectivity index (χ2v) is 9.36. The molecule has 0 spiro atoms. The van der Waals surface area contributed by atoms with E-state index >= 15 is 0 Å². The highest BCUT2D eigenvalue weighted by molar-refractivity contribution is 8.14. The lowest BCUT2D eigenvalue weighted by atomic mass is 10.1. The first-order valence-electron chi connectivity index (χ1n) is 11.8. The first-order valence-corrected chi connectivity index (χ1v) is 12.7. The maximum atomic E-state index is 14.6. The minimum Gasteiger partial charge on any atom is -0.492 e. The van der Waals surface area contributed by atoms with E-state index in [-0.39, 0.29) is 29.7 Å². The van der Waals surface area contributed by atoms with E-state index < -0.39 is 46.0 Å². The average molecular weight is 578 g/mol. The molecule has 1 atom stereocenters. The number of hydrogen-bond acceptors (Lipinski definition) is 7. The standard InChI is InChI=1S/C27H23F4N3O5S/c1-37-11-10-32-22(35)14-39-21-5-3-4-18(24(21)38-2)27-34(26(36)23-19(30)12-17(29)13-20(23)31)33-25(40-27)15-6-8-16(28)9-7-15/h3-9,12-13,27H,10-11,14H2,1-2H3,(H,32,35). The van der Waals surface area contributed by atoms with Crippen molar-refractivity contribution in [2.24, 2.45) is 5.10 Å². The SMILES string of the molecule is COCCNC(=O)COc1cccc(C2SC(c3ccc(F)cc3)=NN2C(=O)c2c(F)cc(F)cc2F)c1OC. The molecule has 210 valence electrons. The number of halogens is 4. The Morgan fingerprint density at radius 3 is 2.35 bits per heavy atom. The molecule has 0 fully saturated rings. The van der Waals surface area contributed by atoms with E-state index in [1.807, 2.05) is 0 Å². The monoisotopic (exact) mass is 577 g/mol. The van der Waals surface area contributed by atoms with Gasteiger partial charge in [-0.15, -0.1) is 0 Å². The van der Waals surface area contributed by atoms with Crippen molar-refractivity contribution in [1.82, 2.24) is 10.3 Å². The van der Waals surface area contributed by atoms with E-state index in [1.165, 1.54) is 44.6 Å². The molecule has 1 heterocycles. The summed E-state index contributed by atoms with van der Waals surface area (Å²) in [6, 6.07) is 10.8. The van der Waals surface area contributed by atoms with Gasteiger partial charge in [0.15, 0.2) is 18.1 Å². The van der Waals surface area contributed by atoms with Crippen LogP contribution in [0.5, 0.6) is 11.5 Å². The Morgan fingerprint density at radius 1 is 1.00 bits per heavy atom. The predicted octanol–water partition coefficient (Wildman–Crippen LogP) is 4.64. The summed E-state index contributed by atoms with van der Waals surface area (Å²) in [7, 11) is 2.84. The number of nitrogens with one attached hydrogen (secondary N) is 1. The number of para-hydroxylation sites is 1. The van der Waals surface area contributed by atoms with Gasteiger partial charge in [-0.05, 0) is 30.3 Å². The Balaban J connectivity index is 1.71. The van der Waals surface area contributed by atoms with Gasteiger partial charge in [0.1, 0.15) is 39.2 Å². The lowest BCUT2D eigenvalue weighted by Gasteiger charge is -2.24. The topological polar surface area (TPSA) is 89.5 Å². The summed E-state index contributed by atoms with van der Waals surface area (Å²) in [5.41, 5.74) is -0.247. The second-order valence-electron chi connectivity index (χ2n) is 8.29. The Morgan fingerprint density at radius 2 is 1.70 bits per heavy atom. The zero-order valence-corrected chi connectivity index (χ0v) is 22.1. The molecule has 0 bridgehead atoms. The third kappa shape index (κ3) is 6.37. The molecule has 40 heavy (non-hydrogen) atoms. The fourth-order valence-corrected chi connectivity index (χ4v) is 4.98. The number of methoxy groups -OCH3 is 2. The number of carbonyl (C=O) groups is 2. The van der Waals surface area contributed by atoms with Crippen molar-refractivity contribution in [3.05, 3.63) is 94.6 Å². The highest BCUT2D eigenvalue weighted by Crippen LogP contribution is 2.47. The lowest BCUT2D eigenvalue weighted by Crippen LogP contribution is -2.31. The zero-order chi connectivity index (χ0) is 28.8. The zero-order valence-electron chi connectivity index (χ0n) is 21.3. The smallest absolute Gasteiger partial charge is 0.281 e. The quantitative estimate of drug-likeness (QED) is 0.279. The van der Waals surface area contributed by atoms with Gasteiger partial charge < -0.3 is 19.5 Å². The van der Waals surface area contributed by atoms with E-state index in [1.54, 1.807) is 12.1 Å². The molecule has 1 N–H and O–H groups in total. The lowest BCUT2D eigenvalue weighted by molar-refractivity contribution is -0.123. The summed E-state index contributed by atoms with van der Waals surface area (Å²) in [5.74, 6) is -5.80. The maximum absolute atomic E-state index is 14.6. The van der Waals surface area contributed by atoms with Crippen LogP contribution >= 0.6 is 11.8 Å². The van der Waals surface area contributed by atoms with Crippen LogP contribution in [0.1, 0.15) is 26.9 Å². The molecule has 4 rings (SSSR count). The van der Waals surface area contributed by atoms with Crippen molar-refractivity contribution in [2.75, 3.05) is 34.0 Å². The third-order valence-electron chi connectivity index (χ3n) is 5.63. The van der Waals surface area contributed by atoms with Crippen LogP contribution in [-0.2, 0) is 9.53 Å². The van der Waals surface area contributed by atoms with Crippen molar-refractivity contribution in [2.45, 2.75) is 5.37 Å². The van der Waals surface area contributed by atoms with Crippen LogP contribution in [0.4, 0.5) is 17.6 Å². The van der Waals surface area contributed by atoms with Crippen LogP contribution in [0.15, 0.2) is 59.7 Å². The van der Waals surface area contributed by atoms with Crippen LogP contribution in [-0.4, -0.2) is 55.8 Å². The first-order chi connectivity index (χ1) is 19.2. The van der Waals surface area contributed by atoms with Crippen LogP contribution in [0.3, 0.4) is 0 Å². The maximum Gasteiger partial charge on any atom is 0.281 e. The summed E-state index contributed by atoms with van der Waals surface area (Å²) in [5, 5.41) is 6.94. The van der Waals surface area contributed by atoms with Gasteiger partial charge in [-0.1, -0.05) is 23.9 Å². The van der Waals surface area contributed by atoms with Crippen molar-refractivity contribution < 1.29 is 41.4 Å². The number of rotatable bonds is 10. The number of hydrazone groups is 1. The minimum atomic E-state index is -1.40. The molecule has 0 radical (unpaired) electrons. The number of amides is 2. The van der Waals surface area contributed by atoms with E-state index in [0.717, 1.165) is 16.8 Å². The van der Waals surface area contributed by atoms with Crippen molar-refractivity contribution in [1.29, 1.82) is 0 Å². The number of ether oxygens (including phenoxy) is 3. The van der Waals surface area contributed by atoms with E-state index in [9.17, 15) is 27.2 Å². The molecule has 2 amide bonds. The Bertz CT molecular complexity index is 1420. The molecule has 1 aliphatic rings. The largest absolute Gasteiger partial charge is 0.492 e. The van der Waals surface area contributed by atoms with Crippen LogP contribution in [0.2, 0.25) is 0 Å². The highest BCUT2D eigenvalue weighted by atomic mass is 32.2. The number of thioether (sulfide) groups is 1. The van der Waals surface area contributed by atoms with Gasteiger partial charge in [-0.3, -0.25) is 9.59 Å². The van der Waals surface area contributed by atoms with Gasteiger partial charge in [0.25, 0.3) is 11.8 Å². The van der Waals surface area contributed by atoms with E-state index in [2.05, 4.69) is 10.4 Å². The minimum absolute atomic E-state index is 0.137. The van der Waals surface area contributed by atoms with Crippen molar-refractivity contribution in [3.8, 4) is 11.5 Å².